The summed E-state index contributed by atoms with van der Waals surface area (Å²) in [6.07, 6.45) is 1.96. The van der Waals surface area contributed by atoms with Crippen LogP contribution in [0.1, 0.15) is 23.2 Å². The first kappa shape index (κ1) is 11.1. The number of rotatable bonds is 3. The fourth-order valence-corrected chi connectivity index (χ4v) is 1.61. The summed E-state index contributed by atoms with van der Waals surface area (Å²) in [5.41, 5.74) is 0.361. The van der Waals surface area contributed by atoms with E-state index in [1.807, 2.05) is 0 Å². The number of ether oxygens (including phenoxy) is 2. The molecule has 2 rings (SSSR count). The average molecular weight is 224 g/mol. The molecule has 4 heteroatoms. The zero-order chi connectivity index (χ0) is 11.4. The minimum absolute atomic E-state index is 0.0180. The molecule has 0 aliphatic carbocycles. The van der Waals surface area contributed by atoms with Gasteiger partial charge in [0, 0.05) is 6.61 Å². The summed E-state index contributed by atoms with van der Waals surface area (Å²) in [5.74, 6) is -0.800. The van der Waals surface area contributed by atoms with Gasteiger partial charge in [0.2, 0.25) is 0 Å². The first-order chi connectivity index (χ1) is 7.75. The largest absolute Gasteiger partial charge is 0.459 e. The number of hydrogen-bond donors (Lipinski definition) is 0. The van der Waals surface area contributed by atoms with Gasteiger partial charge in [0.15, 0.2) is 0 Å². The van der Waals surface area contributed by atoms with Crippen LogP contribution >= 0.6 is 0 Å². The van der Waals surface area contributed by atoms with E-state index in [0.29, 0.717) is 5.56 Å². The van der Waals surface area contributed by atoms with Crippen LogP contribution < -0.4 is 0 Å². The lowest BCUT2D eigenvalue weighted by Gasteiger charge is -2.09. The van der Waals surface area contributed by atoms with Crippen LogP contribution in [0.3, 0.4) is 0 Å². The summed E-state index contributed by atoms with van der Waals surface area (Å²) in [7, 11) is 0. The Hall–Kier alpha value is -1.42. The van der Waals surface area contributed by atoms with Gasteiger partial charge in [-0.05, 0) is 37.1 Å². The molecule has 0 amide bonds. The van der Waals surface area contributed by atoms with Crippen molar-refractivity contribution < 1.29 is 18.7 Å². The van der Waals surface area contributed by atoms with Crippen LogP contribution in [0.5, 0.6) is 0 Å². The molecule has 1 unspecified atom stereocenters. The zero-order valence-electron chi connectivity index (χ0n) is 8.82. The molecule has 1 aliphatic rings. The van der Waals surface area contributed by atoms with Crippen molar-refractivity contribution in [3.05, 3.63) is 35.6 Å². The lowest BCUT2D eigenvalue weighted by molar-refractivity contribution is 0.0161. The molecule has 0 aromatic heterocycles. The third-order valence-corrected chi connectivity index (χ3v) is 2.50. The van der Waals surface area contributed by atoms with Gasteiger partial charge < -0.3 is 9.47 Å². The monoisotopic (exact) mass is 224 g/mol. The maximum absolute atomic E-state index is 12.6. The van der Waals surface area contributed by atoms with Crippen LogP contribution in [0.25, 0.3) is 0 Å². The third kappa shape index (κ3) is 2.79. The van der Waals surface area contributed by atoms with Crippen LogP contribution in [0, 0.1) is 5.82 Å². The van der Waals surface area contributed by atoms with E-state index in [1.165, 1.54) is 24.3 Å². The normalized spacial score (nSPS) is 19.7. The first-order valence-electron chi connectivity index (χ1n) is 5.30. The smallest absolute Gasteiger partial charge is 0.338 e. The number of benzene rings is 1. The first-order valence-corrected chi connectivity index (χ1v) is 5.30. The third-order valence-electron chi connectivity index (χ3n) is 2.50. The van der Waals surface area contributed by atoms with E-state index < -0.39 is 5.97 Å². The molecule has 1 atom stereocenters. The highest BCUT2D eigenvalue weighted by atomic mass is 19.1. The Labute approximate surface area is 93.2 Å². The molecule has 1 saturated heterocycles. The average Bonchev–Trinajstić information content (AvgIpc) is 2.80. The van der Waals surface area contributed by atoms with Crippen LogP contribution in [-0.2, 0) is 9.47 Å². The second-order valence-electron chi connectivity index (χ2n) is 3.74. The Morgan fingerprint density at radius 1 is 1.44 bits per heavy atom. The van der Waals surface area contributed by atoms with Crippen molar-refractivity contribution in [2.75, 3.05) is 13.2 Å². The van der Waals surface area contributed by atoms with Crippen LogP contribution in [0.2, 0.25) is 0 Å². The fraction of sp³-hybridized carbons (Fsp3) is 0.417. The molecule has 0 bridgehead atoms. The maximum atomic E-state index is 12.6. The predicted molar refractivity (Wildman–Crippen MR) is 55.7 cm³/mol. The number of hydrogen-bond acceptors (Lipinski definition) is 3. The summed E-state index contributed by atoms with van der Waals surface area (Å²) in [5, 5.41) is 0. The maximum Gasteiger partial charge on any atom is 0.338 e. The Morgan fingerprint density at radius 3 is 2.81 bits per heavy atom. The van der Waals surface area contributed by atoms with Crippen molar-refractivity contribution in [3.8, 4) is 0 Å². The quantitative estimate of drug-likeness (QED) is 0.738. The van der Waals surface area contributed by atoms with Gasteiger partial charge in [0.25, 0.3) is 0 Å². The van der Waals surface area contributed by atoms with E-state index in [4.69, 9.17) is 9.47 Å². The summed E-state index contributed by atoms with van der Waals surface area (Å²) < 4.78 is 23.0. The van der Waals surface area contributed by atoms with E-state index in [0.717, 1.165) is 19.4 Å². The van der Waals surface area contributed by atoms with Gasteiger partial charge in [-0.25, -0.2) is 9.18 Å². The lowest BCUT2D eigenvalue weighted by Crippen LogP contribution is -2.17. The second kappa shape index (κ2) is 5.07. The van der Waals surface area contributed by atoms with Gasteiger partial charge in [0.1, 0.15) is 12.4 Å². The molecule has 1 aromatic carbocycles. The van der Waals surface area contributed by atoms with Gasteiger partial charge in [-0.15, -0.1) is 0 Å². The molecule has 0 saturated carbocycles. The number of halogens is 1. The zero-order valence-corrected chi connectivity index (χ0v) is 8.82. The molecule has 0 spiro atoms. The molecular weight excluding hydrogens is 211 g/mol. The number of carbonyl (C=O) groups is 1. The van der Waals surface area contributed by atoms with Gasteiger partial charge in [0.05, 0.1) is 11.7 Å². The molecule has 0 N–H and O–H groups in total. The van der Waals surface area contributed by atoms with Crippen molar-refractivity contribution in [2.24, 2.45) is 0 Å². The van der Waals surface area contributed by atoms with E-state index in [1.54, 1.807) is 0 Å². The highest BCUT2D eigenvalue weighted by Crippen LogP contribution is 2.13. The molecule has 0 radical (unpaired) electrons. The van der Waals surface area contributed by atoms with E-state index >= 15 is 0 Å². The van der Waals surface area contributed by atoms with Gasteiger partial charge in [-0.2, -0.15) is 0 Å². The molecule has 1 aromatic rings. The van der Waals surface area contributed by atoms with Crippen molar-refractivity contribution >= 4 is 5.97 Å². The molecule has 1 fully saturated rings. The molecule has 86 valence electrons. The van der Waals surface area contributed by atoms with E-state index in [2.05, 4.69) is 0 Å². The Kier molecular flexibility index (Phi) is 3.51. The lowest BCUT2D eigenvalue weighted by atomic mass is 10.2. The topological polar surface area (TPSA) is 35.5 Å². The highest BCUT2D eigenvalue weighted by molar-refractivity contribution is 5.89. The van der Waals surface area contributed by atoms with Crippen molar-refractivity contribution in [2.45, 2.75) is 18.9 Å². The predicted octanol–water partition coefficient (Wildman–Crippen LogP) is 2.16. The Bertz CT molecular complexity index is 355. The van der Waals surface area contributed by atoms with Gasteiger partial charge >= 0.3 is 5.97 Å². The van der Waals surface area contributed by atoms with Crippen molar-refractivity contribution in [1.82, 2.24) is 0 Å². The van der Waals surface area contributed by atoms with Gasteiger partial charge in [-0.1, -0.05) is 0 Å². The fourth-order valence-electron chi connectivity index (χ4n) is 1.61. The highest BCUT2D eigenvalue weighted by Gasteiger charge is 2.17. The van der Waals surface area contributed by atoms with Crippen molar-refractivity contribution in [1.29, 1.82) is 0 Å². The molecule has 1 heterocycles. The van der Waals surface area contributed by atoms with Crippen LogP contribution in [0.15, 0.2) is 24.3 Å². The van der Waals surface area contributed by atoms with Crippen LogP contribution in [0.4, 0.5) is 4.39 Å². The minimum Gasteiger partial charge on any atom is -0.459 e. The van der Waals surface area contributed by atoms with Gasteiger partial charge in [-0.3, -0.25) is 0 Å². The second-order valence-corrected chi connectivity index (χ2v) is 3.74. The molecule has 16 heavy (non-hydrogen) atoms. The molecular formula is C12H13FO3. The summed E-state index contributed by atoms with van der Waals surface area (Å²) in [6.45, 7) is 1.01. The Balaban J connectivity index is 1.85. The van der Waals surface area contributed by atoms with E-state index in [9.17, 15) is 9.18 Å². The molecule has 1 aliphatic heterocycles. The number of esters is 1. The summed E-state index contributed by atoms with van der Waals surface area (Å²) >= 11 is 0. The molecule has 3 nitrogen and oxygen atoms in total. The number of carbonyl (C=O) groups excluding carboxylic acids is 1. The Morgan fingerprint density at radius 2 is 2.19 bits per heavy atom. The van der Waals surface area contributed by atoms with Crippen LogP contribution in [-0.4, -0.2) is 25.3 Å². The minimum atomic E-state index is -0.435. The SMILES string of the molecule is O=C(OCC1CCCO1)c1ccc(F)cc1. The standard InChI is InChI=1S/C12H13FO3/c13-10-5-3-9(4-6-10)12(14)16-8-11-2-1-7-15-11/h3-6,11H,1-2,7-8H2. The summed E-state index contributed by atoms with van der Waals surface area (Å²) in [4.78, 5) is 11.5. The van der Waals surface area contributed by atoms with Crippen molar-refractivity contribution in [3.63, 3.8) is 0 Å². The van der Waals surface area contributed by atoms with E-state index in [-0.39, 0.29) is 18.5 Å². The summed E-state index contributed by atoms with van der Waals surface area (Å²) in [6, 6.07) is 5.30.